The zero-order chi connectivity index (χ0) is 18.3. The highest BCUT2D eigenvalue weighted by atomic mass is 16.5. The van der Waals surface area contributed by atoms with Crippen LogP contribution in [-0.2, 0) is 9.59 Å². The molecule has 0 unspecified atom stereocenters. The molecule has 0 bridgehead atoms. The lowest BCUT2D eigenvalue weighted by atomic mass is 9.80. The average molecular weight is 339 g/mol. The van der Waals surface area contributed by atoms with E-state index in [-0.39, 0.29) is 11.6 Å². The Balaban J connectivity index is 2.11. The van der Waals surface area contributed by atoms with Crippen LogP contribution in [0.1, 0.15) is 52.0 Å². The third-order valence-electron chi connectivity index (χ3n) is 5.08. The molecule has 2 aromatic rings. The predicted molar refractivity (Wildman–Crippen MR) is 92.6 cm³/mol. The summed E-state index contributed by atoms with van der Waals surface area (Å²) in [5, 5.41) is 4.00. The van der Waals surface area contributed by atoms with Gasteiger partial charge in [-0.1, -0.05) is 17.3 Å². The number of ketones is 3. The number of hydrogen-bond donors (Lipinski definition) is 0. The van der Waals surface area contributed by atoms with Crippen LogP contribution >= 0.6 is 0 Å². The highest BCUT2D eigenvalue weighted by Crippen LogP contribution is 2.34. The van der Waals surface area contributed by atoms with Crippen LogP contribution in [0.3, 0.4) is 0 Å². The van der Waals surface area contributed by atoms with Gasteiger partial charge in [-0.2, -0.15) is 0 Å². The van der Waals surface area contributed by atoms with E-state index in [4.69, 9.17) is 4.52 Å². The third-order valence-corrected chi connectivity index (χ3v) is 5.08. The summed E-state index contributed by atoms with van der Waals surface area (Å²) < 4.78 is 5.47. The number of carbonyl (C=O) groups excluding carboxylic acids is 3. The van der Waals surface area contributed by atoms with E-state index in [1.807, 2.05) is 33.8 Å². The van der Waals surface area contributed by atoms with Gasteiger partial charge in [0.15, 0.2) is 23.1 Å². The van der Waals surface area contributed by atoms with Gasteiger partial charge in [-0.05, 0) is 45.2 Å². The van der Waals surface area contributed by atoms with Crippen molar-refractivity contribution in [2.75, 3.05) is 0 Å². The van der Waals surface area contributed by atoms with Crippen molar-refractivity contribution in [1.82, 2.24) is 5.16 Å². The fourth-order valence-corrected chi connectivity index (χ4v) is 3.46. The Morgan fingerprint density at radius 3 is 2.24 bits per heavy atom. The van der Waals surface area contributed by atoms with E-state index in [0.717, 1.165) is 27.9 Å². The van der Waals surface area contributed by atoms with Crippen molar-refractivity contribution >= 4 is 17.3 Å². The molecule has 5 heteroatoms. The molecule has 0 spiro atoms. The van der Waals surface area contributed by atoms with Crippen LogP contribution in [0.25, 0.3) is 11.3 Å². The Morgan fingerprint density at radius 2 is 1.68 bits per heavy atom. The average Bonchev–Trinajstić information content (AvgIpc) is 2.87. The molecule has 1 heterocycles. The predicted octanol–water partition coefficient (Wildman–Crippen LogP) is 3.70. The highest BCUT2D eigenvalue weighted by molar-refractivity contribution is 6.25. The van der Waals surface area contributed by atoms with E-state index in [1.54, 1.807) is 6.07 Å². The summed E-state index contributed by atoms with van der Waals surface area (Å²) in [5.41, 5.74) is 4.59. The topological polar surface area (TPSA) is 77.2 Å². The van der Waals surface area contributed by atoms with Gasteiger partial charge in [0.25, 0.3) is 0 Å². The monoisotopic (exact) mass is 339 g/mol. The number of aromatic nitrogens is 1. The molecule has 1 aromatic heterocycles. The second-order valence-corrected chi connectivity index (χ2v) is 6.74. The standard InChI is InChI=1S/C20H21NO4/c1-10-8-9-14(19(24)18-15(22)6-5-7-16(18)23)12(3)17(10)20-11(2)13(4)21-25-20/h8-9,18H,5-7H2,1-4H3. The zero-order valence-electron chi connectivity index (χ0n) is 14.9. The molecule has 25 heavy (non-hydrogen) atoms. The summed E-state index contributed by atoms with van der Waals surface area (Å²) in [5.74, 6) is -1.46. The molecule has 0 aliphatic heterocycles. The molecule has 0 N–H and O–H groups in total. The number of carbonyl (C=O) groups is 3. The fourth-order valence-electron chi connectivity index (χ4n) is 3.46. The van der Waals surface area contributed by atoms with Crippen LogP contribution in [0.4, 0.5) is 0 Å². The van der Waals surface area contributed by atoms with Crippen molar-refractivity contribution in [2.24, 2.45) is 5.92 Å². The van der Waals surface area contributed by atoms with Crippen LogP contribution in [0.15, 0.2) is 16.7 Å². The summed E-state index contributed by atoms with van der Waals surface area (Å²) in [4.78, 5) is 37.2. The van der Waals surface area contributed by atoms with Gasteiger partial charge in [0.05, 0.1) is 5.69 Å². The fraction of sp³-hybridized carbons (Fsp3) is 0.400. The van der Waals surface area contributed by atoms with Crippen molar-refractivity contribution in [1.29, 1.82) is 0 Å². The molecule has 1 saturated carbocycles. The minimum absolute atomic E-state index is 0.269. The first kappa shape index (κ1) is 17.3. The lowest BCUT2D eigenvalue weighted by molar-refractivity contribution is -0.133. The maximum Gasteiger partial charge on any atom is 0.181 e. The quantitative estimate of drug-likeness (QED) is 0.629. The van der Waals surface area contributed by atoms with Gasteiger partial charge in [0.2, 0.25) is 0 Å². The summed E-state index contributed by atoms with van der Waals surface area (Å²) in [6.45, 7) is 7.54. The molecule has 1 aromatic carbocycles. The first-order valence-corrected chi connectivity index (χ1v) is 8.46. The smallest absolute Gasteiger partial charge is 0.181 e. The van der Waals surface area contributed by atoms with Crippen LogP contribution in [-0.4, -0.2) is 22.5 Å². The summed E-state index contributed by atoms with van der Waals surface area (Å²) in [7, 11) is 0. The Kier molecular flexibility index (Phi) is 4.41. The van der Waals surface area contributed by atoms with Crippen LogP contribution < -0.4 is 0 Å². The highest BCUT2D eigenvalue weighted by Gasteiger charge is 2.37. The molecular formula is C20H21NO4. The number of benzene rings is 1. The molecular weight excluding hydrogens is 318 g/mol. The first-order valence-electron chi connectivity index (χ1n) is 8.46. The summed E-state index contributed by atoms with van der Waals surface area (Å²) >= 11 is 0. The number of Topliss-reactive ketones (excluding diaryl/α,β-unsaturated/α-hetero) is 3. The largest absolute Gasteiger partial charge is 0.356 e. The second-order valence-electron chi connectivity index (χ2n) is 6.74. The van der Waals surface area contributed by atoms with Gasteiger partial charge in [-0.3, -0.25) is 14.4 Å². The van der Waals surface area contributed by atoms with Gasteiger partial charge in [0, 0.05) is 29.5 Å². The maximum atomic E-state index is 12.9. The molecule has 1 fully saturated rings. The van der Waals surface area contributed by atoms with Crippen molar-refractivity contribution < 1.29 is 18.9 Å². The first-order chi connectivity index (χ1) is 11.8. The second kappa shape index (κ2) is 6.39. The van der Waals surface area contributed by atoms with E-state index >= 15 is 0 Å². The molecule has 0 radical (unpaired) electrons. The molecule has 3 rings (SSSR count). The van der Waals surface area contributed by atoms with Gasteiger partial charge in [0.1, 0.15) is 5.92 Å². The molecule has 5 nitrogen and oxygen atoms in total. The minimum Gasteiger partial charge on any atom is -0.356 e. The van der Waals surface area contributed by atoms with Crippen molar-refractivity contribution in [2.45, 2.75) is 47.0 Å². The van der Waals surface area contributed by atoms with E-state index in [2.05, 4.69) is 5.16 Å². The molecule has 0 atom stereocenters. The normalized spacial score (nSPS) is 15.7. The van der Waals surface area contributed by atoms with Crippen molar-refractivity contribution in [3.05, 3.63) is 40.1 Å². The maximum absolute atomic E-state index is 12.9. The minimum atomic E-state index is -1.15. The third kappa shape index (κ3) is 2.84. The summed E-state index contributed by atoms with van der Waals surface area (Å²) in [6.07, 6.45) is 1.12. The number of hydrogen-bond acceptors (Lipinski definition) is 5. The Morgan fingerprint density at radius 1 is 1.04 bits per heavy atom. The van der Waals surface area contributed by atoms with Crippen LogP contribution in [0.5, 0.6) is 0 Å². The number of nitrogens with zero attached hydrogens (tertiary/aromatic N) is 1. The van der Waals surface area contributed by atoms with E-state index in [0.29, 0.717) is 30.6 Å². The van der Waals surface area contributed by atoms with Gasteiger partial charge in [-0.25, -0.2) is 0 Å². The molecule has 1 aliphatic carbocycles. The molecule has 0 amide bonds. The Bertz CT molecular complexity index is 875. The molecule has 1 aliphatic rings. The summed E-state index contributed by atoms with van der Waals surface area (Å²) in [6, 6.07) is 3.52. The molecule has 0 saturated heterocycles. The lowest BCUT2D eigenvalue weighted by Gasteiger charge is -2.20. The van der Waals surface area contributed by atoms with Gasteiger partial charge < -0.3 is 4.52 Å². The van der Waals surface area contributed by atoms with Crippen LogP contribution in [0.2, 0.25) is 0 Å². The van der Waals surface area contributed by atoms with Crippen LogP contribution in [0, 0.1) is 33.6 Å². The SMILES string of the molecule is Cc1ccc(C(=O)C2C(=O)CCCC2=O)c(C)c1-c1onc(C)c1C. The van der Waals surface area contributed by atoms with E-state index in [9.17, 15) is 14.4 Å². The number of aryl methyl sites for hydroxylation is 2. The van der Waals surface area contributed by atoms with Crippen molar-refractivity contribution in [3.8, 4) is 11.3 Å². The van der Waals surface area contributed by atoms with E-state index in [1.165, 1.54) is 0 Å². The Hall–Kier alpha value is -2.56. The van der Waals surface area contributed by atoms with E-state index < -0.39 is 11.7 Å². The molecule has 130 valence electrons. The zero-order valence-corrected chi connectivity index (χ0v) is 14.9. The van der Waals surface area contributed by atoms with Crippen molar-refractivity contribution in [3.63, 3.8) is 0 Å². The van der Waals surface area contributed by atoms with Gasteiger partial charge in [-0.15, -0.1) is 0 Å². The van der Waals surface area contributed by atoms with Gasteiger partial charge >= 0.3 is 0 Å². The lowest BCUT2D eigenvalue weighted by Crippen LogP contribution is -2.35. The Labute approximate surface area is 146 Å². The number of rotatable bonds is 3.